The second-order valence-corrected chi connectivity index (χ2v) is 3.73. The highest BCUT2D eigenvalue weighted by molar-refractivity contribution is 5.87. The van der Waals surface area contributed by atoms with Crippen LogP contribution < -0.4 is 0 Å². The second kappa shape index (κ2) is 9.04. The maximum atomic E-state index is 10.3. The fraction of sp³-hybridized carbons (Fsp3) is 0.462. The van der Waals surface area contributed by atoms with Crippen LogP contribution in [-0.4, -0.2) is 40.5 Å². The number of carboxylic acids is 1. The molecule has 0 unspecified atom stereocenters. The predicted octanol–water partition coefficient (Wildman–Crippen LogP) is 2.64. The van der Waals surface area contributed by atoms with Gasteiger partial charge in [0.1, 0.15) is 0 Å². The van der Waals surface area contributed by atoms with Crippen molar-refractivity contribution in [1.82, 2.24) is 4.90 Å². The van der Waals surface area contributed by atoms with Gasteiger partial charge in [0.15, 0.2) is 0 Å². The van der Waals surface area contributed by atoms with Gasteiger partial charge in [-0.05, 0) is 31.8 Å². The van der Waals surface area contributed by atoms with Gasteiger partial charge in [0.25, 0.3) is 5.69 Å². The summed E-state index contributed by atoms with van der Waals surface area (Å²) < 4.78 is 0. The topological polar surface area (TPSA) is 83.7 Å². The molecule has 0 atom stereocenters. The summed E-state index contributed by atoms with van der Waals surface area (Å²) in [5.41, 5.74) is -0.0689. The SMILES string of the molecule is CCN(CC)CC.O=C(O)c1ccc([N+](=O)[O-])cc1. The highest BCUT2D eigenvalue weighted by Crippen LogP contribution is 2.11. The molecule has 0 aromatic heterocycles. The average Bonchev–Trinajstić information content (AvgIpc) is 2.41. The second-order valence-electron chi connectivity index (χ2n) is 3.73. The van der Waals surface area contributed by atoms with Crippen molar-refractivity contribution in [2.45, 2.75) is 20.8 Å². The minimum Gasteiger partial charge on any atom is -0.478 e. The third-order valence-corrected chi connectivity index (χ3v) is 2.67. The molecule has 0 saturated heterocycles. The van der Waals surface area contributed by atoms with Gasteiger partial charge < -0.3 is 10.0 Å². The molecular weight excluding hydrogens is 248 g/mol. The van der Waals surface area contributed by atoms with E-state index in [9.17, 15) is 14.9 Å². The van der Waals surface area contributed by atoms with E-state index in [1.807, 2.05) is 0 Å². The Morgan fingerprint density at radius 3 is 1.79 bits per heavy atom. The largest absolute Gasteiger partial charge is 0.478 e. The van der Waals surface area contributed by atoms with E-state index in [2.05, 4.69) is 25.7 Å². The maximum Gasteiger partial charge on any atom is 0.335 e. The minimum absolute atomic E-state index is 0.0422. The van der Waals surface area contributed by atoms with Crippen molar-refractivity contribution in [3.05, 3.63) is 39.9 Å². The van der Waals surface area contributed by atoms with Crippen LogP contribution in [0.4, 0.5) is 5.69 Å². The van der Waals surface area contributed by atoms with Crippen molar-refractivity contribution in [2.75, 3.05) is 19.6 Å². The Balaban J connectivity index is 0.000000399. The third-order valence-electron chi connectivity index (χ3n) is 2.67. The van der Waals surface area contributed by atoms with Crippen molar-refractivity contribution in [2.24, 2.45) is 0 Å². The summed E-state index contributed by atoms with van der Waals surface area (Å²) >= 11 is 0. The van der Waals surface area contributed by atoms with Crippen molar-refractivity contribution in [3.63, 3.8) is 0 Å². The van der Waals surface area contributed by atoms with E-state index in [0.29, 0.717) is 0 Å². The maximum absolute atomic E-state index is 10.3. The first-order valence-electron chi connectivity index (χ1n) is 6.16. The first kappa shape index (κ1) is 17.1. The summed E-state index contributed by atoms with van der Waals surface area (Å²) in [6.07, 6.45) is 0. The Hall–Kier alpha value is -1.95. The number of hydrogen-bond acceptors (Lipinski definition) is 4. The molecule has 1 rings (SSSR count). The smallest absolute Gasteiger partial charge is 0.335 e. The zero-order valence-electron chi connectivity index (χ0n) is 11.5. The lowest BCUT2D eigenvalue weighted by Gasteiger charge is -2.13. The predicted molar refractivity (Wildman–Crippen MR) is 73.5 cm³/mol. The standard InChI is InChI=1S/C7H5NO4.C6H15N/c9-7(10)5-1-3-6(4-2-5)8(11)12;1-4-7(5-2)6-3/h1-4H,(H,9,10);4-6H2,1-3H3. The number of nitro benzene ring substituents is 1. The van der Waals surface area contributed by atoms with E-state index in [-0.39, 0.29) is 11.3 Å². The van der Waals surface area contributed by atoms with Gasteiger partial charge in [-0.15, -0.1) is 0 Å². The van der Waals surface area contributed by atoms with E-state index in [1.165, 1.54) is 31.8 Å². The van der Waals surface area contributed by atoms with Crippen LogP contribution in [0, 0.1) is 10.1 Å². The van der Waals surface area contributed by atoms with Gasteiger partial charge in [0.2, 0.25) is 0 Å². The number of nitrogens with zero attached hydrogens (tertiary/aromatic N) is 2. The molecule has 0 heterocycles. The van der Waals surface area contributed by atoms with Gasteiger partial charge in [-0.3, -0.25) is 10.1 Å². The summed E-state index contributed by atoms with van der Waals surface area (Å²) in [6.45, 7) is 10.1. The number of aromatic carboxylic acids is 1. The highest BCUT2D eigenvalue weighted by Gasteiger charge is 2.06. The van der Waals surface area contributed by atoms with Crippen molar-refractivity contribution in [3.8, 4) is 0 Å². The molecule has 0 aliphatic heterocycles. The molecule has 0 amide bonds. The van der Waals surface area contributed by atoms with Crippen LogP contribution >= 0.6 is 0 Å². The molecule has 0 fully saturated rings. The van der Waals surface area contributed by atoms with E-state index in [1.54, 1.807) is 0 Å². The first-order chi connectivity index (χ1) is 8.96. The Morgan fingerprint density at radius 1 is 1.16 bits per heavy atom. The van der Waals surface area contributed by atoms with Crippen LogP contribution in [0.5, 0.6) is 0 Å². The van der Waals surface area contributed by atoms with Gasteiger partial charge in [0, 0.05) is 12.1 Å². The normalized spacial score (nSPS) is 9.68. The summed E-state index contributed by atoms with van der Waals surface area (Å²) in [4.78, 5) is 22.2. The number of carboxylic acid groups (broad SMARTS) is 1. The fourth-order valence-corrected chi connectivity index (χ4v) is 1.40. The molecule has 1 aromatic carbocycles. The van der Waals surface area contributed by atoms with Crippen LogP contribution in [-0.2, 0) is 0 Å². The van der Waals surface area contributed by atoms with Gasteiger partial charge in [-0.1, -0.05) is 20.8 Å². The molecular formula is C13H20N2O4. The van der Waals surface area contributed by atoms with Crippen LogP contribution in [0.15, 0.2) is 24.3 Å². The average molecular weight is 268 g/mol. The lowest BCUT2D eigenvalue weighted by atomic mass is 10.2. The molecule has 1 aromatic rings. The van der Waals surface area contributed by atoms with E-state index < -0.39 is 10.9 Å². The van der Waals surface area contributed by atoms with Gasteiger partial charge >= 0.3 is 5.97 Å². The molecule has 6 heteroatoms. The molecule has 0 spiro atoms. The van der Waals surface area contributed by atoms with Gasteiger partial charge in [-0.2, -0.15) is 0 Å². The first-order valence-corrected chi connectivity index (χ1v) is 6.16. The van der Waals surface area contributed by atoms with E-state index in [4.69, 9.17) is 5.11 Å². The summed E-state index contributed by atoms with van der Waals surface area (Å²) in [6, 6.07) is 4.70. The molecule has 0 aliphatic carbocycles. The van der Waals surface area contributed by atoms with Crippen molar-refractivity contribution >= 4 is 11.7 Å². The highest BCUT2D eigenvalue weighted by atomic mass is 16.6. The molecule has 0 radical (unpaired) electrons. The zero-order valence-corrected chi connectivity index (χ0v) is 11.5. The molecule has 0 aliphatic rings. The van der Waals surface area contributed by atoms with E-state index >= 15 is 0 Å². The molecule has 6 nitrogen and oxygen atoms in total. The number of benzene rings is 1. The molecule has 19 heavy (non-hydrogen) atoms. The Bertz CT molecular complexity index is 361. The van der Waals surface area contributed by atoms with Crippen LogP contribution in [0.25, 0.3) is 0 Å². The lowest BCUT2D eigenvalue weighted by Crippen LogP contribution is -2.21. The van der Waals surface area contributed by atoms with E-state index in [0.717, 1.165) is 12.1 Å². The number of non-ortho nitro benzene ring substituents is 1. The number of nitro groups is 1. The zero-order chi connectivity index (χ0) is 14.8. The Kier molecular flexibility index (Phi) is 8.12. The Labute approximate surface area is 112 Å². The van der Waals surface area contributed by atoms with Crippen LogP contribution in [0.2, 0.25) is 0 Å². The van der Waals surface area contributed by atoms with Crippen molar-refractivity contribution < 1.29 is 14.8 Å². The molecule has 1 N–H and O–H groups in total. The monoisotopic (exact) mass is 268 g/mol. The lowest BCUT2D eigenvalue weighted by molar-refractivity contribution is -0.384. The minimum atomic E-state index is -1.09. The van der Waals surface area contributed by atoms with Crippen molar-refractivity contribution in [1.29, 1.82) is 0 Å². The summed E-state index contributed by atoms with van der Waals surface area (Å²) in [5.74, 6) is -1.09. The molecule has 0 bridgehead atoms. The van der Waals surface area contributed by atoms with Gasteiger partial charge in [0.05, 0.1) is 10.5 Å². The fourth-order valence-electron chi connectivity index (χ4n) is 1.40. The molecule has 0 saturated carbocycles. The summed E-state index contributed by atoms with van der Waals surface area (Å²) in [5, 5.41) is 18.6. The van der Waals surface area contributed by atoms with Crippen LogP contribution in [0.1, 0.15) is 31.1 Å². The molecule has 106 valence electrons. The third kappa shape index (κ3) is 6.52. The Morgan fingerprint density at radius 2 is 1.58 bits per heavy atom. The quantitative estimate of drug-likeness (QED) is 0.655. The number of hydrogen-bond donors (Lipinski definition) is 1. The van der Waals surface area contributed by atoms with Crippen LogP contribution in [0.3, 0.4) is 0 Å². The number of carbonyl (C=O) groups is 1. The summed E-state index contributed by atoms with van der Waals surface area (Å²) in [7, 11) is 0. The number of rotatable bonds is 5. The van der Waals surface area contributed by atoms with Gasteiger partial charge in [-0.25, -0.2) is 4.79 Å².